The molecule has 4 N–H and O–H groups in total. The van der Waals surface area contributed by atoms with Crippen LogP contribution in [0.25, 0.3) is 54.6 Å². The molecule has 0 fully saturated rings. The molecular weight excluding hydrogens is 609 g/mol. The minimum absolute atomic E-state index is 0.319. The minimum atomic E-state index is -0.319. The zero-order chi connectivity index (χ0) is 36.1. The van der Waals surface area contributed by atoms with Crippen molar-refractivity contribution in [3.63, 3.8) is 0 Å². The third-order valence-electron chi connectivity index (χ3n) is 9.80. The lowest BCUT2D eigenvalue weighted by atomic mass is 9.81. The molecule has 0 aliphatic heterocycles. The maximum absolute atomic E-state index is 9.32. The molecule has 50 heavy (non-hydrogen) atoms. The monoisotopic (exact) mass is 654 g/mol. The molecule has 6 aromatic rings. The molecule has 0 saturated carbocycles. The predicted octanol–water partition coefficient (Wildman–Crippen LogP) is 12.5. The highest BCUT2D eigenvalue weighted by Crippen LogP contribution is 2.47. The van der Waals surface area contributed by atoms with Gasteiger partial charge in [-0.05, 0) is 116 Å². The molecule has 0 aliphatic rings. The number of nitrogens with one attached hydrogen (secondary N) is 4. The van der Waals surface area contributed by atoms with Gasteiger partial charge in [0.1, 0.15) is 0 Å². The van der Waals surface area contributed by atoms with Crippen LogP contribution in [0.1, 0.15) is 63.8 Å². The first-order chi connectivity index (χ1) is 23.6. The molecule has 0 aromatic heterocycles. The van der Waals surface area contributed by atoms with Crippen LogP contribution >= 0.6 is 0 Å². The van der Waals surface area contributed by atoms with Crippen LogP contribution in [0.2, 0.25) is 0 Å². The number of hydrogen-bond donors (Lipinski definition) is 4. The molecule has 4 nitrogen and oxygen atoms in total. The van der Waals surface area contributed by atoms with E-state index in [-0.39, 0.29) is 10.8 Å². The van der Waals surface area contributed by atoms with Crippen LogP contribution < -0.4 is 0 Å². The van der Waals surface area contributed by atoms with Crippen molar-refractivity contribution >= 4 is 55.2 Å². The minimum Gasteiger partial charge on any atom is -0.305 e. The summed E-state index contributed by atoms with van der Waals surface area (Å²) in [5.74, 6) is 0. The largest absolute Gasteiger partial charge is 0.305 e. The second-order valence-electron chi connectivity index (χ2n) is 15.5. The van der Waals surface area contributed by atoms with Gasteiger partial charge in [-0.15, -0.1) is 0 Å². The number of benzene rings is 6. The molecular formula is C46H46N4. The number of allylic oxidation sites excluding steroid dienone is 4. The van der Waals surface area contributed by atoms with E-state index in [9.17, 15) is 10.8 Å². The first-order valence-electron chi connectivity index (χ1n) is 17.2. The molecule has 0 bridgehead atoms. The van der Waals surface area contributed by atoms with Crippen molar-refractivity contribution in [3.8, 4) is 22.3 Å². The Kier molecular flexibility index (Phi) is 8.78. The van der Waals surface area contributed by atoms with Gasteiger partial charge in [-0.3, -0.25) is 0 Å². The number of aryl methyl sites for hydroxylation is 2. The molecule has 0 radical (unpaired) electrons. The fraction of sp³-hybridized carbons (Fsp3) is 0.217. The summed E-state index contributed by atoms with van der Waals surface area (Å²) in [5.41, 5.74) is 9.35. The van der Waals surface area contributed by atoms with Crippen molar-refractivity contribution in [2.75, 3.05) is 0 Å². The maximum Gasteiger partial charge on any atom is 0.0619 e. The predicted molar refractivity (Wildman–Crippen MR) is 217 cm³/mol. The van der Waals surface area contributed by atoms with Crippen LogP contribution in [0.15, 0.2) is 109 Å². The van der Waals surface area contributed by atoms with Crippen molar-refractivity contribution in [2.24, 2.45) is 10.8 Å². The van der Waals surface area contributed by atoms with Crippen LogP contribution in [0, 0.1) is 46.3 Å². The summed E-state index contributed by atoms with van der Waals surface area (Å²) in [6, 6.07) is 29.7. The van der Waals surface area contributed by atoms with Gasteiger partial charge in [-0.2, -0.15) is 0 Å². The zero-order valence-electron chi connectivity index (χ0n) is 30.4. The third-order valence-corrected chi connectivity index (χ3v) is 9.80. The summed E-state index contributed by atoms with van der Waals surface area (Å²) in [4.78, 5) is 0. The summed E-state index contributed by atoms with van der Waals surface area (Å²) in [5, 5.41) is 42.1. The average molecular weight is 655 g/mol. The molecule has 0 saturated heterocycles. The molecule has 0 amide bonds. The molecule has 0 unspecified atom stereocenters. The number of rotatable bonds is 8. The highest BCUT2D eigenvalue weighted by Gasteiger charge is 2.23. The molecule has 0 heterocycles. The van der Waals surface area contributed by atoms with Crippen LogP contribution in [0.4, 0.5) is 0 Å². The average Bonchev–Trinajstić information content (AvgIpc) is 3.07. The Bertz CT molecular complexity index is 2250. The van der Waals surface area contributed by atoms with Gasteiger partial charge in [0.05, 0.1) is 11.4 Å². The highest BCUT2D eigenvalue weighted by molar-refractivity contribution is 6.35. The molecule has 0 spiro atoms. The van der Waals surface area contributed by atoms with Gasteiger partial charge < -0.3 is 21.6 Å². The summed E-state index contributed by atoms with van der Waals surface area (Å²) in [7, 11) is 0. The SMILES string of the molecule is Cc1ccccc1-c1cc2c(C(=N)/C=C\C(=N)C(C)(C)C)ccc3c(-c4ccccc4C)cc4c(C(=N)/C=C\C(=N)C(C)(C)C)ccc1c4c23. The van der Waals surface area contributed by atoms with Gasteiger partial charge in [0.25, 0.3) is 0 Å². The summed E-state index contributed by atoms with van der Waals surface area (Å²) < 4.78 is 0. The van der Waals surface area contributed by atoms with E-state index in [0.29, 0.717) is 22.8 Å². The Hall–Kier alpha value is -5.48. The van der Waals surface area contributed by atoms with E-state index in [0.717, 1.165) is 76.8 Å². The summed E-state index contributed by atoms with van der Waals surface area (Å²) in [6.45, 7) is 16.3. The molecule has 0 atom stereocenters. The Morgan fingerprint density at radius 2 is 0.800 bits per heavy atom. The lowest BCUT2D eigenvalue weighted by Gasteiger charge is -2.22. The lowest BCUT2D eigenvalue weighted by Crippen LogP contribution is -2.17. The molecule has 250 valence electrons. The van der Waals surface area contributed by atoms with Crippen molar-refractivity contribution in [1.29, 1.82) is 21.6 Å². The maximum atomic E-state index is 9.32. The summed E-state index contributed by atoms with van der Waals surface area (Å²) in [6.07, 6.45) is 7.02. The van der Waals surface area contributed by atoms with E-state index in [4.69, 9.17) is 10.8 Å². The normalized spacial score (nSPS) is 12.6. The Morgan fingerprint density at radius 1 is 0.440 bits per heavy atom. The van der Waals surface area contributed by atoms with E-state index in [1.54, 1.807) is 24.3 Å². The lowest BCUT2D eigenvalue weighted by molar-refractivity contribution is 0.590. The fourth-order valence-electron chi connectivity index (χ4n) is 6.65. The zero-order valence-corrected chi connectivity index (χ0v) is 30.4. The van der Waals surface area contributed by atoms with E-state index in [1.807, 2.05) is 41.5 Å². The van der Waals surface area contributed by atoms with Gasteiger partial charge in [0.15, 0.2) is 0 Å². The quantitative estimate of drug-likeness (QED) is 0.0928. The van der Waals surface area contributed by atoms with Gasteiger partial charge in [0, 0.05) is 33.4 Å². The fourth-order valence-corrected chi connectivity index (χ4v) is 6.65. The standard InChI is InChI=1S/C46H46N4/c1-27-13-9-11-15-29(27)35-25-37-31(39(47)21-23-41(49)45(3,4)5)18-20-34-36(30-16-12-10-14-28(30)2)26-38-32(17-19-33(35)43(38)44(34)37)40(48)22-24-42(50)46(6,7)8/h9-26,47-50H,1-8H3/b23-21-,24-22-,47-39?,48-40?,49-41?,50-42?. The Balaban J connectivity index is 1.75. The van der Waals surface area contributed by atoms with E-state index in [1.165, 1.54) is 0 Å². The second kappa shape index (κ2) is 12.8. The van der Waals surface area contributed by atoms with Crippen LogP contribution in [0.5, 0.6) is 0 Å². The molecule has 6 rings (SSSR count). The Labute approximate surface area is 296 Å². The van der Waals surface area contributed by atoms with Crippen molar-refractivity contribution < 1.29 is 0 Å². The number of hydrogen-bond acceptors (Lipinski definition) is 4. The van der Waals surface area contributed by atoms with Crippen LogP contribution in [-0.4, -0.2) is 22.8 Å². The van der Waals surface area contributed by atoms with Gasteiger partial charge >= 0.3 is 0 Å². The first-order valence-corrected chi connectivity index (χ1v) is 17.2. The molecule has 0 aliphatic carbocycles. The third kappa shape index (κ3) is 6.22. The van der Waals surface area contributed by atoms with Crippen molar-refractivity contribution in [2.45, 2.75) is 55.4 Å². The van der Waals surface area contributed by atoms with Crippen molar-refractivity contribution in [3.05, 3.63) is 131 Å². The Morgan fingerprint density at radius 3 is 1.14 bits per heavy atom. The highest BCUT2D eigenvalue weighted by atomic mass is 14.5. The van der Waals surface area contributed by atoms with E-state index in [2.05, 4.69) is 98.8 Å². The van der Waals surface area contributed by atoms with E-state index < -0.39 is 0 Å². The first kappa shape index (κ1) is 34.4. The van der Waals surface area contributed by atoms with Gasteiger partial charge in [0.2, 0.25) is 0 Å². The van der Waals surface area contributed by atoms with Crippen LogP contribution in [0.3, 0.4) is 0 Å². The smallest absolute Gasteiger partial charge is 0.0619 e. The van der Waals surface area contributed by atoms with E-state index >= 15 is 0 Å². The second-order valence-corrected chi connectivity index (χ2v) is 15.5. The van der Waals surface area contributed by atoms with Gasteiger partial charge in [-0.25, -0.2) is 0 Å². The molecule has 4 heteroatoms. The molecule has 6 aromatic carbocycles. The topological polar surface area (TPSA) is 95.4 Å². The van der Waals surface area contributed by atoms with Crippen molar-refractivity contribution in [1.82, 2.24) is 0 Å². The van der Waals surface area contributed by atoms with Gasteiger partial charge in [-0.1, -0.05) is 114 Å². The van der Waals surface area contributed by atoms with Crippen LogP contribution in [-0.2, 0) is 0 Å². The summed E-state index contributed by atoms with van der Waals surface area (Å²) >= 11 is 0.